The van der Waals surface area contributed by atoms with Gasteiger partial charge in [-0.2, -0.15) is 0 Å². The number of ether oxygens (including phenoxy) is 1. The monoisotopic (exact) mass is 309 g/mol. The predicted molar refractivity (Wildman–Crippen MR) is 85.6 cm³/mol. The molecule has 0 bridgehead atoms. The van der Waals surface area contributed by atoms with Crippen LogP contribution in [0.25, 0.3) is 10.9 Å². The zero-order valence-corrected chi connectivity index (χ0v) is 12.4. The first kappa shape index (κ1) is 14.8. The molecule has 0 spiro atoms. The highest BCUT2D eigenvalue weighted by Crippen LogP contribution is 2.20. The lowest BCUT2D eigenvalue weighted by molar-refractivity contribution is 0.0319. The molecule has 0 amide bonds. The molecule has 1 atom stereocenters. The number of aromatic amines is 1. The number of aromatic nitrogens is 1. The number of ketones is 1. The molecule has 2 aromatic carbocycles. The average molecular weight is 309 g/mol. The molecule has 0 unspecified atom stereocenters. The molecule has 5 nitrogen and oxygen atoms in total. The molecule has 2 N–H and O–H groups in total. The van der Waals surface area contributed by atoms with Crippen molar-refractivity contribution in [1.29, 1.82) is 0 Å². The van der Waals surface area contributed by atoms with E-state index in [9.17, 15) is 14.7 Å². The first-order valence-corrected chi connectivity index (χ1v) is 7.16. The van der Waals surface area contributed by atoms with E-state index in [-0.39, 0.29) is 17.1 Å². The Morgan fingerprint density at radius 3 is 2.52 bits per heavy atom. The first-order chi connectivity index (χ1) is 11.1. The van der Waals surface area contributed by atoms with Gasteiger partial charge in [0.05, 0.1) is 5.56 Å². The lowest BCUT2D eigenvalue weighted by Crippen LogP contribution is -2.24. The predicted octanol–water partition coefficient (Wildman–Crippen LogP) is 3.30. The molecule has 3 aromatic rings. The van der Waals surface area contributed by atoms with Crippen molar-refractivity contribution in [2.75, 3.05) is 0 Å². The van der Waals surface area contributed by atoms with Gasteiger partial charge in [-0.05, 0) is 37.3 Å². The van der Waals surface area contributed by atoms with Crippen molar-refractivity contribution >= 4 is 22.7 Å². The first-order valence-electron chi connectivity index (χ1n) is 7.16. The molecule has 0 aliphatic rings. The highest BCUT2D eigenvalue weighted by atomic mass is 16.5. The van der Waals surface area contributed by atoms with Crippen molar-refractivity contribution in [1.82, 2.24) is 4.98 Å². The third-order valence-corrected chi connectivity index (χ3v) is 3.61. The number of phenolic OH excluding ortho intramolecular Hbond substituents is 1. The van der Waals surface area contributed by atoms with Crippen LogP contribution in [0.4, 0.5) is 0 Å². The van der Waals surface area contributed by atoms with Gasteiger partial charge in [-0.3, -0.25) is 4.79 Å². The number of esters is 1. The number of carbonyl (C=O) groups excluding carboxylic acids is 2. The van der Waals surface area contributed by atoms with Gasteiger partial charge in [-0.15, -0.1) is 0 Å². The normalized spacial score (nSPS) is 12.0. The van der Waals surface area contributed by atoms with E-state index in [2.05, 4.69) is 4.98 Å². The molecule has 5 heteroatoms. The molecular weight excluding hydrogens is 294 g/mol. The number of aromatic hydroxyl groups is 1. The minimum atomic E-state index is -0.907. The molecule has 0 saturated heterocycles. The number of carbonyl (C=O) groups is 2. The second kappa shape index (κ2) is 5.96. The highest BCUT2D eigenvalue weighted by molar-refractivity contribution is 6.10. The van der Waals surface area contributed by atoms with Gasteiger partial charge in [0.2, 0.25) is 5.78 Å². The SMILES string of the molecule is C[C@@H](OC(=O)c1ccc(O)cc1)C(=O)c1c[nH]c2ccccc12. The fraction of sp³-hybridized carbons (Fsp3) is 0.111. The number of hydrogen-bond acceptors (Lipinski definition) is 4. The summed E-state index contributed by atoms with van der Waals surface area (Å²) in [6, 6.07) is 13.1. The van der Waals surface area contributed by atoms with E-state index in [4.69, 9.17) is 4.74 Å². The third-order valence-electron chi connectivity index (χ3n) is 3.61. The van der Waals surface area contributed by atoms with Gasteiger partial charge >= 0.3 is 5.97 Å². The molecule has 3 rings (SSSR count). The van der Waals surface area contributed by atoms with Crippen LogP contribution in [0.2, 0.25) is 0 Å². The number of para-hydroxylation sites is 1. The molecule has 0 radical (unpaired) electrons. The summed E-state index contributed by atoms with van der Waals surface area (Å²) < 4.78 is 5.23. The van der Waals surface area contributed by atoms with Gasteiger partial charge in [-0.1, -0.05) is 18.2 Å². The van der Waals surface area contributed by atoms with Crippen molar-refractivity contribution in [2.24, 2.45) is 0 Å². The van der Waals surface area contributed by atoms with Crippen molar-refractivity contribution in [3.63, 3.8) is 0 Å². The Labute approximate surface area is 132 Å². The molecule has 1 aromatic heterocycles. The summed E-state index contributed by atoms with van der Waals surface area (Å²) in [4.78, 5) is 27.6. The number of hydrogen-bond donors (Lipinski definition) is 2. The Morgan fingerprint density at radius 1 is 1.09 bits per heavy atom. The second-order valence-corrected chi connectivity index (χ2v) is 5.21. The number of rotatable bonds is 4. The smallest absolute Gasteiger partial charge is 0.338 e. The van der Waals surface area contributed by atoms with Gasteiger partial charge in [0.25, 0.3) is 0 Å². The van der Waals surface area contributed by atoms with E-state index in [1.54, 1.807) is 13.1 Å². The fourth-order valence-electron chi connectivity index (χ4n) is 2.37. The minimum absolute atomic E-state index is 0.0597. The molecule has 23 heavy (non-hydrogen) atoms. The van der Waals surface area contributed by atoms with E-state index in [1.165, 1.54) is 24.3 Å². The molecule has 0 saturated carbocycles. The number of H-pyrrole nitrogens is 1. The highest BCUT2D eigenvalue weighted by Gasteiger charge is 2.22. The van der Waals surface area contributed by atoms with Crippen LogP contribution in [0, 0.1) is 0 Å². The van der Waals surface area contributed by atoms with Crippen molar-refractivity contribution in [3.05, 3.63) is 65.9 Å². The van der Waals surface area contributed by atoms with E-state index in [0.29, 0.717) is 5.56 Å². The van der Waals surface area contributed by atoms with Crippen LogP contribution in [-0.2, 0) is 4.74 Å². The summed E-state index contributed by atoms with van der Waals surface area (Å²) in [7, 11) is 0. The lowest BCUT2D eigenvalue weighted by atomic mass is 10.1. The topological polar surface area (TPSA) is 79.4 Å². The number of benzene rings is 2. The summed E-state index contributed by atoms with van der Waals surface area (Å²) in [5.74, 6) is -0.815. The van der Waals surface area contributed by atoms with Crippen LogP contribution in [0.1, 0.15) is 27.6 Å². The maximum Gasteiger partial charge on any atom is 0.338 e. The van der Waals surface area contributed by atoms with Crippen LogP contribution in [-0.4, -0.2) is 27.9 Å². The van der Waals surface area contributed by atoms with Crippen LogP contribution < -0.4 is 0 Å². The summed E-state index contributed by atoms with van der Waals surface area (Å²) in [6.07, 6.45) is 0.716. The molecule has 0 fully saturated rings. The summed E-state index contributed by atoms with van der Waals surface area (Å²) >= 11 is 0. The second-order valence-electron chi connectivity index (χ2n) is 5.21. The molecule has 0 aliphatic carbocycles. The zero-order chi connectivity index (χ0) is 16.4. The van der Waals surface area contributed by atoms with E-state index < -0.39 is 12.1 Å². The number of Topliss-reactive ketones (excluding diaryl/α,β-unsaturated/α-hetero) is 1. The number of phenols is 1. The largest absolute Gasteiger partial charge is 0.508 e. The Bertz CT molecular complexity index is 864. The van der Waals surface area contributed by atoms with Crippen LogP contribution in [0.15, 0.2) is 54.7 Å². The molecular formula is C18H15NO4. The van der Waals surface area contributed by atoms with Gasteiger partial charge in [0.1, 0.15) is 5.75 Å². The van der Waals surface area contributed by atoms with Gasteiger partial charge in [-0.25, -0.2) is 4.79 Å². The van der Waals surface area contributed by atoms with Crippen LogP contribution in [0.3, 0.4) is 0 Å². The van der Waals surface area contributed by atoms with E-state index in [0.717, 1.165) is 10.9 Å². The van der Waals surface area contributed by atoms with Crippen LogP contribution in [0.5, 0.6) is 5.75 Å². The summed E-state index contributed by atoms with van der Waals surface area (Å²) in [6.45, 7) is 1.54. The minimum Gasteiger partial charge on any atom is -0.508 e. The maximum absolute atomic E-state index is 12.5. The Balaban J connectivity index is 1.77. The Morgan fingerprint density at radius 2 is 1.78 bits per heavy atom. The van der Waals surface area contributed by atoms with Crippen LogP contribution >= 0.6 is 0 Å². The third kappa shape index (κ3) is 2.94. The van der Waals surface area contributed by atoms with Gasteiger partial charge < -0.3 is 14.8 Å². The standard InChI is InChI=1S/C18H15NO4/c1-11(23-18(22)12-6-8-13(20)9-7-12)17(21)15-10-19-16-5-3-2-4-14(15)16/h2-11,19-20H,1H3/t11-/m1/s1. The fourth-order valence-corrected chi connectivity index (χ4v) is 2.37. The number of fused-ring (bicyclic) bond motifs is 1. The quantitative estimate of drug-likeness (QED) is 0.572. The van der Waals surface area contributed by atoms with Gasteiger partial charge in [0, 0.05) is 22.7 Å². The molecule has 116 valence electrons. The maximum atomic E-state index is 12.5. The molecule has 0 aliphatic heterocycles. The molecule has 1 heterocycles. The van der Waals surface area contributed by atoms with E-state index >= 15 is 0 Å². The van der Waals surface area contributed by atoms with E-state index in [1.807, 2.05) is 24.3 Å². The average Bonchev–Trinajstić information content (AvgIpc) is 2.98. The Kier molecular flexibility index (Phi) is 3.85. The van der Waals surface area contributed by atoms with Crippen molar-refractivity contribution in [2.45, 2.75) is 13.0 Å². The lowest BCUT2D eigenvalue weighted by Gasteiger charge is -2.12. The summed E-state index contributed by atoms with van der Waals surface area (Å²) in [5.41, 5.74) is 1.63. The van der Waals surface area contributed by atoms with Gasteiger partial charge in [0.15, 0.2) is 6.10 Å². The summed E-state index contributed by atoms with van der Waals surface area (Å²) in [5, 5.41) is 10.0. The van der Waals surface area contributed by atoms with Crippen molar-refractivity contribution < 1.29 is 19.4 Å². The Hall–Kier alpha value is -3.08. The van der Waals surface area contributed by atoms with Crippen molar-refractivity contribution in [3.8, 4) is 5.75 Å². The zero-order valence-electron chi connectivity index (χ0n) is 12.4. The number of nitrogens with one attached hydrogen (secondary N) is 1.